The molecule has 1 fully saturated rings. The van der Waals surface area contributed by atoms with E-state index >= 15 is 0 Å². The monoisotopic (exact) mass is 300 g/mol. The lowest BCUT2D eigenvalue weighted by Gasteiger charge is -2.29. The number of rotatable bonds is 4. The van der Waals surface area contributed by atoms with E-state index in [0.717, 1.165) is 23.7 Å². The summed E-state index contributed by atoms with van der Waals surface area (Å²) >= 11 is 1.62. The molecule has 3 nitrogen and oxygen atoms in total. The number of benzene rings is 1. The summed E-state index contributed by atoms with van der Waals surface area (Å²) in [6, 6.07) is 12.2. The number of piperidine rings is 1. The fraction of sp³-hybridized carbons (Fsp3) is 0.353. The summed E-state index contributed by atoms with van der Waals surface area (Å²) < 4.78 is 0. The number of thiophene rings is 1. The topological polar surface area (TPSA) is 32.3 Å². The third-order valence-electron chi connectivity index (χ3n) is 3.77. The van der Waals surface area contributed by atoms with Crippen LogP contribution in [0.4, 0.5) is 11.4 Å². The van der Waals surface area contributed by atoms with Gasteiger partial charge in [-0.05, 0) is 48.9 Å². The van der Waals surface area contributed by atoms with E-state index in [1.54, 1.807) is 11.3 Å². The van der Waals surface area contributed by atoms with Crippen LogP contribution in [0.1, 0.15) is 24.1 Å². The van der Waals surface area contributed by atoms with Crippen LogP contribution >= 0.6 is 11.3 Å². The quantitative estimate of drug-likeness (QED) is 0.928. The van der Waals surface area contributed by atoms with Crippen molar-refractivity contribution >= 4 is 28.6 Å². The minimum atomic E-state index is 0.0493. The van der Waals surface area contributed by atoms with E-state index in [4.69, 9.17) is 0 Å². The van der Waals surface area contributed by atoms with Crippen molar-refractivity contribution in [1.29, 1.82) is 0 Å². The number of anilines is 2. The van der Waals surface area contributed by atoms with Gasteiger partial charge in [0, 0.05) is 29.3 Å². The number of hydrogen-bond donors (Lipinski definition) is 1. The van der Waals surface area contributed by atoms with Gasteiger partial charge in [-0.3, -0.25) is 4.79 Å². The highest BCUT2D eigenvalue weighted by atomic mass is 32.1. The lowest BCUT2D eigenvalue weighted by molar-refractivity contribution is -0.115. The SMILES string of the molecule is O=C(Cc1cccs1)Nc1cccc(N2CCCCC2)c1. The van der Waals surface area contributed by atoms with E-state index in [9.17, 15) is 4.79 Å². The first-order valence-corrected chi connectivity index (χ1v) is 8.36. The minimum Gasteiger partial charge on any atom is -0.371 e. The Balaban J connectivity index is 1.63. The number of carbonyl (C=O) groups is 1. The Morgan fingerprint density at radius 3 is 2.76 bits per heavy atom. The third-order valence-corrected chi connectivity index (χ3v) is 4.64. The van der Waals surface area contributed by atoms with Gasteiger partial charge in [0.15, 0.2) is 0 Å². The standard InChI is InChI=1S/C17H20N2OS/c20-17(13-16-8-5-11-21-16)18-14-6-4-7-15(12-14)19-9-2-1-3-10-19/h4-8,11-12H,1-3,9-10,13H2,(H,18,20). The van der Waals surface area contributed by atoms with Crippen LogP contribution in [-0.2, 0) is 11.2 Å². The molecule has 0 saturated carbocycles. The van der Waals surface area contributed by atoms with Crippen molar-refractivity contribution < 1.29 is 4.79 Å². The molecule has 1 aromatic carbocycles. The Labute approximate surface area is 129 Å². The molecule has 3 rings (SSSR count). The third kappa shape index (κ3) is 3.85. The summed E-state index contributed by atoms with van der Waals surface area (Å²) in [6.07, 6.45) is 4.29. The summed E-state index contributed by atoms with van der Waals surface area (Å²) in [4.78, 5) is 15.5. The van der Waals surface area contributed by atoms with Crippen LogP contribution in [0, 0.1) is 0 Å². The van der Waals surface area contributed by atoms with Gasteiger partial charge in [0.05, 0.1) is 6.42 Å². The first-order valence-electron chi connectivity index (χ1n) is 7.48. The van der Waals surface area contributed by atoms with Gasteiger partial charge >= 0.3 is 0 Å². The van der Waals surface area contributed by atoms with Crippen LogP contribution < -0.4 is 10.2 Å². The fourth-order valence-corrected chi connectivity index (χ4v) is 3.41. The highest BCUT2D eigenvalue weighted by Crippen LogP contribution is 2.23. The smallest absolute Gasteiger partial charge is 0.229 e. The molecular formula is C17H20N2OS. The second-order valence-corrected chi connectivity index (χ2v) is 6.43. The molecule has 0 radical (unpaired) electrons. The van der Waals surface area contributed by atoms with Gasteiger partial charge in [0.25, 0.3) is 0 Å². The van der Waals surface area contributed by atoms with Crippen molar-refractivity contribution in [2.45, 2.75) is 25.7 Å². The predicted molar refractivity (Wildman–Crippen MR) is 89.2 cm³/mol. The molecule has 1 aliphatic rings. The van der Waals surface area contributed by atoms with Gasteiger partial charge in [0.2, 0.25) is 5.91 Å². The van der Waals surface area contributed by atoms with Crippen LogP contribution in [-0.4, -0.2) is 19.0 Å². The number of nitrogens with zero attached hydrogens (tertiary/aromatic N) is 1. The van der Waals surface area contributed by atoms with Crippen LogP contribution in [0.15, 0.2) is 41.8 Å². The van der Waals surface area contributed by atoms with Crippen LogP contribution in [0.3, 0.4) is 0 Å². The van der Waals surface area contributed by atoms with E-state index < -0.39 is 0 Å². The Hall–Kier alpha value is -1.81. The van der Waals surface area contributed by atoms with Gasteiger partial charge < -0.3 is 10.2 Å². The summed E-state index contributed by atoms with van der Waals surface area (Å²) in [5.41, 5.74) is 2.10. The van der Waals surface area contributed by atoms with Crippen molar-refractivity contribution in [3.63, 3.8) is 0 Å². The van der Waals surface area contributed by atoms with Gasteiger partial charge in [-0.15, -0.1) is 11.3 Å². The minimum absolute atomic E-state index is 0.0493. The first kappa shape index (κ1) is 14.1. The molecule has 21 heavy (non-hydrogen) atoms. The van der Waals surface area contributed by atoms with Gasteiger partial charge in [-0.2, -0.15) is 0 Å². The van der Waals surface area contributed by atoms with Gasteiger partial charge in [-0.1, -0.05) is 12.1 Å². The van der Waals surface area contributed by atoms with E-state index in [1.165, 1.54) is 24.9 Å². The van der Waals surface area contributed by atoms with Gasteiger partial charge in [0.1, 0.15) is 0 Å². The molecule has 4 heteroatoms. The molecule has 1 aromatic heterocycles. The molecule has 0 atom stereocenters. The molecule has 2 heterocycles. The summed E-state index contributed by atoms with van der Waals surface area (Å²) in [5, 5.41) is 5.00. The van der Waals surface area contributed by atoms with E-state index in [-0.39, 0.29) is 5.91 Å². The van der Waals surface area contributed by atoms with Crippen LogP contribution in [0.2, 0.25) is 0 Å². The summed E-state index contributed by atoms with van der Waals surface area (Å²) in [6.45, 7) is 2.24. The van der Waals surface area contributed by atoms with Crippen molar-refractivity contribution in [2.24, 2.45) is 0 Å². The van der Waals surface area contributed by atoms with E-state index in [1.807, 2.05) is 29.6 Å². The lowest BCUT2D eigenvalue weighted by Crippen LogP contribution is -2.29. The molecule has 110 valence electrons. The van der Waals surface area contributed by atoms with E-state index in [0.29, 0.717) is 6.42 Å². The molecule has 1 amide bonds. The largest absolute Gasteiger partial charge is 0.371 e. The molecule has 2 aromatic rings. The molecular weight excluding hydrogens is 280 g/mol. The fourth-order valence-electron chi connectivity index (χ4n) is 2.71. The van der Waals surface area contributed by atoms with E-state index in [2.05, 4.69) is 22.3 Å². The molecule has 1 N–H and O–H groups in total. The second kappa shape index (κ2) is 6.76. The maximum absolute atomic E-state index is 12.0. The Kier molecular flexibility index (Phi) is 4.55. The normalized spacial score (nSPS) is 15.0. The number of amides is 1. The average Bonchev–Trinajstić information content (AvgIpc) is 3.01. The lowest BCUT2D eigenvalue weighted by atomic mass is 10.1. The van der Waals surface area contributed by atoms with Crippen LogP contribution in [0.25, 0.3) is 0 Å². The highest BCUT2D eigenvalue weighted by molar-refractivity contribution is 7.10. The predicted octanol–water partition coefficient (Wildman–Crippen LogP) is 3.92. The number of hydrogen-bond acceptors (Lipinski definition) is 3. The number of nitrogens with one attached hydrogen (secondary N) is 1. The maximum atomic E-state index is 12.0. The Morgan fingerprint density at radius 2 is 2.00 bits per heavy atom. The Bertz CT molecular complexity index is 589. The molecule has 1 aliphatic heterocycles. The maximum Gasteiger partial charge on any atom is 0.229 e. The highest BCUT2D eigenvalue weighted by Gasteiger charge is 2.12. The second-order valence-electron chi connectivity index (χ2n) is 5.40. The molecule has 0 unspecified atom stereocenters. The molecule has 0 bridgehead atoms. The average molecular weight is 300 g/mol. The molecule has 1 saturated heterocycles. The van der Waals surface area contributed by atoms with Crippen molar-refractivity contribution in [3.05, 3.63) is 46.7 Å². The zero-order valence-electron chi connectivity index (χ0n) is 12.0. The first-order chi connectivity index (χ1) is 10.3. The van der Waals surface area contributed by atoms with Crippen molar-refractivity contribution in [2.75, 3.05) is 23.3 Å². The zero-order chi connectivity index (χ0) is 14.5. The summed E-state index contributed by atoms with van der Waals surface area (Å²) in [5.74, 6) is 0.0493. The number of carbonyl (C=O) groups excluding carboxylic acids is 1. The van der Waals surface area contributed by atoms with Crippen LogP contribution in [0.5, 0.6) is 0 Å². The van der Waals surface area contributed by atoms with Gasteiger partial charge in [-0.25, -0.2) is 0 Å². The Morgan fingerprint density at radius 1 is 1.14 bits per heavy atom. The van der Waals surface area contributed by atoms with Crippen molar-refractivity contribution in [1.82, 2.24) is 0 Å². The van der Waals surface area contributed by atoms with Crippen molar-refractivity contribution in [3.8, 4) is 0 Å². The molecule has 0 aliphatic carbocycles. The molecule has 0 spiro atoms. The zero-order valence-corrected chi connectivity index (χ0v) is 12.9. The summed E-state index contributed by atoms with van der Waals surface area (Å²) in [7, 11) is 0.